The van der Waals surface area contributed by atoms with E-state index in [1.54, 1.807) is 6.92 Å². The molecule has 0 aliphatic carbocycles. The molecule has 0 aromatic heterocycles. The Morgan fingerprint density at radius 3 is 1.14 bits per heavy atom. The quantitative estimate of drug-likeness (QED) is 0.0197. The van der Waals surface area contributed by atoms with Crippen LogP contribution in [0, 0.1) is 12.3 Å². The highest BCUT2D eigenvalue weighted by molar-refractivity contribution is 5.92. The highest BCUT2D eigenvalue weighted by atomic mass is 16.7. The van der Waals surface area contributed by atoms with Crippen LogP contribution < -0.4 is 0 Å². The highest BCUT2D eigenvalue weighted by Crippen LogP contribution is 2.36. The van der Waals surface area contributed by atoms with E-state index in [9.17, 15) is 70.6 Å². The number of ether oxygens (including phenoxy) is 7. The summed E-state index contributed by atoms with van der Waals surface area (Å²) in [4.78, 5) is 36.9. The van der Waals surface area contributed by atoms with E-state index in [1.165, 1.54) is 6.92 Å². The van der Waals surface area contributed by atoms with E-state index in [1.807, 2.05) is 0 Å². The number of rotatable bonds is 24. The molecule has 0 spiro atoms. The summed E-state index contributed by atoms with van der Waals surface area (Å²) >= 11 is 0. The van der Waals surface area contributed by atoms with Crippen LogP contribution in [0.3, 0.4) is 0 Å². The topological polar surface area (TPSA) is 338 Å². The van der Waals surface area contributed by atoms with Gasteiger partial charge in [-0.1, -0.05) is 6.92 Å². The Balaban J connectivity index is 1.52. The third-order valence-corrected chi connectivity index (χ3v) is 8.49. The molecule has 0 aliphatic rings. The highest BCUT2D eigenvalue weighted by Gasteiger charge is 2.31. The average Bonchev–Trinajstić information content (AvgIpc) is 3.20. The molecule has 326 valence electrons. The molecule has 21 heteroatoms. The smallest absolute Gasteiger partial charge is 0.338 e. The Hall–Kier alpha value is -5.81. The van der Waals surface area contributed by atoms with Gasteiger partial charge < -0.3 is 89.3 Å². The van der Waals surface area contributed by atoms with Gasteiger partial charge in [0.15, 0.2) is 34.5 Å². The molecule has 4 atom stereocenters. The predicted octanol–water partition coefficient (Wildman–Crippen LogP) is 1.01. The van der Waals surface area contributed by atoms with Gasteiger partial charge in [-0.25, -0.2) is 14.4 Å². The van der Waals surface area contributed by atoms with Crippen molar-refractivity contribution in [1.29, 1.82) is 0 Å². The molecule has 21 nitrogen and oxygen atoms in total. The van der Waals surface area contributed by atoms with E-state index in [0.717, 1.165) is 36.4 Å². The molecule has 0 radical (unpaired) electrons. The number of benzene rings is 3. The molecule has 0 amide bonds. The van der Waals surface area contributed by atoms with Crippen molar-refractivity contribution in [3.05, 3.63) is 58.7 Å². The molecule has 3 aromatic rings. The van der Waals surface area contributed by atoms with Crippen LogP contribution in [0.2, 0.25) is 0 Å². The summed E-state index contributed by atoms with van der Waals surface area (Å²) in [7, 11) is 0. The summed E-state index contributed by atoms with van der Waals surface area (Å²) in [6.07, 6.45) is -3.68. The standard InChI is InChI=1S/C38H48O21/c1-3-38(16-53-10-24(39)13-57-35(50)21-4-27(42)20(2)28(43)5-21,17-54-11-25(40)14-58-36(51)22-6-29(44)33(48)30(45)7-22)18-56-19-55-12-26(41)15-59-37(52)23-8-31(46)34(49)32(47)9-23/h4-9,24-26,39-49H,3,10-19H2,1-2H3. The van der Waals surface area contributed by atoms with Crippen LogP contribution in [0.25, 0.3) is 0 Å². The monoisotopic (exact) mass is 840 g/mol. The first-order valence-electron chi connectivity index (χ1n) is 17.7. The molecule has 0 aliphatic heterocycles. The van der Waals surface area contributed by atoms with Gasteiger partial charge in [-0.15, -0.1) is 0 Å². The van der Waals surface area contributed by atoms with Gasteiger partial charge in [0.25, 0.3) is 0 Å². The Morgan fingerprint density at radius 2 is 0.797 bits per heavy atom. The number of phenols is 8. The summed E-state index contributed by atoms with van der Waals surface area (Å²) in [6, 6.07) is 5.64. The van der Waals surface area contributed by atoms with E-state index < -0.39 is 103 Å². The number of hydrogen-bond acceptors (Lipinski definition) is 21. The van der Waals surface area contributed by atoms with Crippen LogP contribution >= 0.6 is 0 Å². The Kier molecular flexibility index (Phi) is 18.0. The fraction of sp³-hybridized carbons (Fsp3) is 0.447. The average molecular weight is 841 g/mol. The van der Waals surface area contributed by atoms with Crippen molar-refractivity contribution in [2.24, 2.45) is 5.41 Å². The van der Waals surface area contributed by atoms with Crippen molar-refractivity contribution in [3.63, 3.8) is 0 Å². The number of aliphatic hydroxyl groups is 3. The Labute approximate surface area is 336 Å². The lowest BCUT2D eigenvalue weighted by Crippen LogP contribution is -2.39. The lowest BCUT2D eigenvalue weighted by Gasteiger charge is -2.32. The molecule has 0 bridgehead atoms. The zero-order valence-corrected chi connectivity index (χ0v) is 32.0. The normalized spacial score (nSPS) is 13.8. The Bertz CT molecular complexity index is 1730. The maximum absolute atomic E-state index is 12.4. The van der Waals surface area contributed by atoms with E-state index in [4.69, 9.17) is 33.2 Å². The van der Waals surface area contributed by atoms with Crippen LogP contribution in [0.5, 0.6) is 46.0 Å². The van der Waals surface area contributed by atoms with Gasteiger partial charge in [0.2, 0.25) is 0 Å². The number of carbonyl (C=O) groups excluding carboxylic acids is 3. The van der Waals surface area contributed by atoms with Crippen LogP contribution in [0.1, 0.15) is 50.0 Å². The fourth-order valence-corrected chi connectivity index (χ4v) is 4.91. The molecular formula is C38H48O21. The van der Waals surface area contributed by atoms with E-state index in [2.05, 4.69) is 0 Å². The second-order valence-corrected chi connectivity index (χ2v) is 13.3. The van der Waals surface area contributed by atoms with Gasteiger partial charge in [-0.05, 0) is 49.7 Å². The maximum atomic E-state index is 12.4. The minimum absolute atomic E-state index is 0.118. The summed E-state index contributed by atoms with van der Waals surface area (Å²) in [6.45, 7) is -0.282. The maximum Gasteiger partial charge on any atom is 0.338 e. The minimum Gasteiger partial charge on any atom is -0.508 e. The van der Waals surface area contributed by atoms with Gasteiger partial charge in [-0.2, -0.15) is 0 Å². The van der Waals surface area contributed by atoms with Gasteiger partial charge in [-0.3, -0.25) is 0 Å². The molecule has 11 N–H and O–H groups in total. The third kappa shape index (κ3) is 14.5. The predicted molar refractivity (Wildman–Crippen MR) is 197 cm³/mol. The SMILES string of the molecule is CCC(COCOCC(O)COC(=O)c1cc(O)c(O)c(O)c1)(COCC(O)COC(=O)c1cc(O)c(C)c(O)c1)COCC(O)COC(=O)c1cc(O)c(O)c(O)c1. The summed E-state index contributed by atoms with van der Waals surface area (Å²) < 4.78 is 37.4. The van der Waals surface area contributed by atoms with Crippen LogP contribution in [0.15, 0.2) is 36.4 Å². The van der Waals surface area contributed by atoms with Gasteiger partial charge in [0.05, 0.1) is 56.3 Å². The molecular weight excluding hydrogens is 792 g/mol. The summed E-state index contributed by atoms with van der Waals surface area (Å²) in [5.41, 5.74) is -1.57. The van der Waals surface area contributed by atoms with Crippen molar-refractivity contribution >= 4 is 17.9 Å². The van der Waals surface area contributed by atoms with Crippen molar-refractivity contribution in [1.82, 2.24) is 0 Å². The number of carbonyl (C=O) groups is 3. The molecule has 0 heterocycles. The zero-order chi connectivity index (χ0) is 43.9. The van der Waals surface area contributed by atoms with Crippen LogP contribution in [0.4, 0.5) is 0 Å². The second kappa shape index (κ2) is 22.4. The zero-order valence-electron chi connectivity index (χ0n) is 32.0. The Morgan fingerprint density at radius 1 is 0.492 bits per heavy atom. The van der Waals surface area contributed by atoms with Crippen LogP contribution in [-0.4, -0.2) is 159 Å². The van der Waals surface area contributed by atoms with Crippen molar-refractivity contribution in [3.8, 4) is 46.0 Å². The second-order valence-electron chi connectivity index (χ2n) is 13.3. The first kappa shape index (κ1) is 47.6. The lowest BCUT2D eigenvalue weighted by atomic mass is 9.88. The summed E-state index contributed by atoms with van der Waals surface area (Å²) in [5, 5.41) is 108. The van der Waals surface area contributed by atoms with Crippen LogP contribution in [-0.2, 0) is 33.2 Å². The molecule has 0 fully saturated rings. The molecule has 0 saturated heterocycles. The number of esters is 3. The number of phenolic OH excluding ortho intramolecular Hbond substituents is 8. The van der Waals surface area contributed by atoms with Gasteiger partial charge >= 0.3 is 17.9 Å². The van der Waals surface area contributed by atoms with E-state index in [-0.39, 0.29) is 73.4 Å². The number of hydrogen-bond donors (Lipinski definition) is 11. The van der Waals surface area contributed by atoms with Crippen molar-refractivity contribution in [2.75, 3.05) is 66.3 Å². The van der Waals surface area contributed by atoms with Gasteiger partial charge in [0.1, 0.15) is 56.4 Å². The minimum atomic E-state index is -1.35. The lowest BCUT2D eigenvalue weighted by molar-refractivity contribution is -0.138. The number of aliphatic hydroxyl groups excluding tert-OH is 3. The molecule has 0 saturated carbocycles. The largest absolute Gasteiger partial charge is 0.508 e. The first-order chi connectivity index (χ1) is 27.9. The number of aromatic hydroxyl groups is 8. The van der Waals surface area contributed by atoms with E-state index in [0.29, 0.717) is 6.42 Å². The summed E-state index contributed by atoms with van der Waals surface area (Å²) in [5.74, 6) is -8.33. The third-order valence-electron chi connectivity index (χ3n) is 8.49. The molecule has 59 heavy (non-hydrogen) atoms. The van der Waals surface area contributed by atoms with Crippen molar-refractivity contribution < 1.29 is 104 Å². The molecule has 3 rings (SSSR count). The molecule has 3 aromatic carbocycles. The van der Waals surface area contributed by atoms with Gasteiger partial charge in [0, 0.05) is 11.0 Å². The fourth-order valence-electron chi connectivity index (χ4n) is 4.91. The molecule has 4 unspecified atom stereocenters. The van der Waals surface area contributed by atoms with Crippen molar-refractivity contribution in [2.45, 2.75) is 38.6 Å². The van der Waals surface area contributed by atoms with E-state index >= 15 is 0 Å². The first-order valence-corrected chi connectivity index (χ1v) is 17.7.